The van der Waals surface area contributed by atoms with Gasteiger partial charge in [0, 0.05) is 6.20 Å². The quantitative estimate of drug-likeness (QED) is 0.448. The number of thioether (sulfide) groups is 1. The molecule has 0 saturated carbocycles. The molecule has 1 heterocycles. The van der Waals surface area contributed by atoms with Crippen molar-refractivity contribution in [1.29, 1.82) is 0 Å². The summed E-state index contributed by atoms with van der Waals surface area (Å²) < 4.78 is 4.03. The van der Waals surface area contributed by atoms with Gasteiger partial charge in [-0.15, -0.1) is 0 Å². The third kappa shape index (κ3) is 1.90. The molecule has 3 nitrogen and oxygen atoms in total. The van der Waals surface area contributed by atoms with Crippen molar-refractivity contribution in [3.63, 3.8) is 0 Å². The van der Waals surface area contributed by atoms with Crippen LogP contribution in [0.25, 0.3) is 0 Å². The summed E-state index contributed by atoms with van der Waals surface area (Å²) in [4.78, 5) is 11.2. The molecule has 1 N–H and O–H groups in total. The smallest absolute Gasteiger partial charge is 0.354 e. The maximum atomic E-state index is 11.2. The van der Waals surface area contributed by atoms with Gasteiger partial charge in [-0.05, 0) is 28.3 Å². The van der Waals surface area contributed by atoms with Crippen LogP contribution in [0.1, 0.15) is 6.92 Å². The number of hydrogen-bond acceptors (Lipinski definition) is 4. The summed E-state index contributed by atoms with van der Waals surface area (Å²) in [5.41, 5.74) is 0. The van der Waals surface area contributed by atoms with Crippen molar-refractivity contribution in [3.8, 4) is 0 Å². The maximum absolute atomic E-state index is 11.2. The molecule has 1 atom stereocenters. The topological polar surface area (TPSA) is 38.3 Å². The van der Waals surface area contributed by atoms with E-state index < -0.39 is 3.78 Å². The van der Waals surface area contributed by atoms with Crippen LogP contribution >= 0.6 is 27.7 Å². The molecule has 0 bridgehead atoms. The Morgan fingerprint density at radius 3 is 3.09 bits per heavy atom. The average Bonchev–Trinajstić information content (AvgIpc) is 2.38. The molecule has 62 valence electrons. The lowest BCUT2D eigenvalue weighted by atomic mass is 10.6. The van der Waals surface area contributed by atoms with Gasteiger partial charge in [0.2, 0.25) is 3.78 Å². The summed E-state index contributed by atoms with van der Waals surface area (Å²) in [6.07, 6.45) is 1.70. The van der Waals surface area contributed by atoms with E-state index in [1.54, 1.807) is 18.5 Å². The van der Waals surface area contributed by atoms with Crippen molar-refractivity contribution in [1.82, 2.24) is 5.32 Å². The van der Waals surface area contributed by atoms with E-state index in [-0.39, 0.29) is 5.97 Å². The molecule has 0 aliphatic carbocycles. The molecular formula is C6H8BrNO2S. The summed E-state index contributed by atoms with van der Waals surface area (Å²) >= 11 is 4.57. The van der Waals surface area contributed by atoms with Crippen molar-refractivity contribution in [3.05, 3.63) is 11.6 Å². The van der Waals surface area contributed by atoms with Gasteiger partial charge in [-0.1, -0.05) is 11.8 Å². The molecule has 0 aromatic carbocycles. The molecule has 0 saturated heterocycles. The largest absolute Gasteiger partial charge is 0.463 e. The van der Waals surface area contributed by atoms with Gasteiger partial charge < -0.3 is 10.1 Å². The van der Waals surface area contributed by atoms with Crippen LogP contribution in [0, 0.1) is 0 Å². The highest BCUT2D eigenvalue weighted by molar-refractivity contribution is 9.12. The van der Waals surface area contributed by atoms with Crippen LogP contribution in [0.15, 0.2) is 11.6 Å². The van der Waals surface area contributed by atoms with E-state index >= 15 is 0 Å². The first-order chi connectivity index (χ1) is 5.19. The lowest BCUT2D eigenvalue weighted by Crippen LogP contribution is -2.39. The SMILES string of the molecule is CCOC(=O)C1(Br)NC=CS1. The van der Waals surface area contributed by atoms with Gasteiger partial charge in [-0.3, -0.25) is 0 Å². The highest BCUT2D eigenvalue weighted by Gasteiger charge is 2.38. The Morgan fingerprint density at radius 2 is 2.64 bits per heavy atom. The first kappa shape index (κ1) is 8.93. The minimum Gasteiger partial charge on any atom is -0.463 e. The van der Waals surface area contributed by atoms with Crippen molar-refractivity contribution >= 4 is 33.7 Å². The molecular weight excluding hydrogens is 230 g/mol. The molecule has 0 amide bonds. The Bertz CT molecular complexity index is 187. The molecule has 1 unspecified atom stereocenters. The number of alkyl halides is 1. The number of rotatable bonds is 2. The predicted octanol–water partition coefficient (Wildman–Crippen LogP) is 1.41. The standard InChI is InChI=1S/C6H8BrNO2S/c1-2-10-5(9)6(7)8-3-4-11-6/h3-4,8H,2H2,1H3. The van der Waals surface area contributed by atoms with Gasteiger partial charge in [0.25, 0.3) is 0 Å². The fraction of sp³-hybridized carbons (Fsp3) is 0.500. The highest BCUT2D eigenvalue weighted by atomic mass is 79.9. The number of carbonyl (C=O) groups is 1. The van der Waals surface area contributed by atoms with Crippen molar-refractivity contribution in [2.75, 3.05) is 6.61 Å². The summed E-state index contributed by atoms with van der Waals surface area (Å²) in [5, 5.41) is 4.64. The zero-order chi connectivity index (χ0) is 8.32. The van der Waals surface area contributed by atoms with Crippen molar-refractivity contribution in [2.24, 2.45) is 0 Å². The van der Waals surface area contributed by atoms with Crippen molar-refractivity contribution < 1.29 is 9.53 Å². The Balaban J connectivity index is 2.51. The maximum Gasteiger partial charge on any atom is 0.354 e. The van der Waals surface area contributed by atoms with Gasteiger partial charge >= 0.3 is 5.97 Å². The van der Waals surface area contributed by atoms with Crippen LogP contribution in [0.4, 0.5) is 0 Å². The van der Waals surface area contributed by atoms with E-state index in [0.29, 0.717) is 6.61 Å². The molecule has 0 spiro atoms. The number of esters is 1. The van der Waals surface area contributed by atoms with E-state index in [4.69, 9.17) is 4.74 Å². The van der Waals surface area contributed by atoms with Gasteiger partial charge in [0.15, 0.2) is 0 Å². The average molecular weight is 238 g/mol. The Labute approximate surface area is 77.7 Å². The summed E-state index contributed by atoms with van der Waals surface area (Å²) in [6.45, 7) is 2.18. The molecule has 0 aromatic heterocycles. The zero-order valence-corrected chi connectivity index (χ0v) is 8.37. The Kier molecular flexibility index (Phi) is 2.84. The molecule has 1 aliphatic rings. The van der Waals surface area contributed by atoms with Crippen molar-refractivity contribution in [2.45, 2.75) is 10.7 Å². The second-order valence-corrected chi connectivity index (χ2v) is 4.72. The molecule has 11 heavy (non-hydrogen) atoms. The fourth-order valence-corrected chi connectivity index (χ4v) is 1.82. The summed E-state index contributed by atoms with van der Waals surface area (Å²) in [6, 6.07) is 0. The zero-order valence-electron chi connectivity index (χ0n) is 5.96. The van der Waals surface area contributed by atoms with Gasteiger partial charge in [0.05, 0.1) is 6.61 Å². The molecule has 0 fully saturated rings. The van der Waals surface area contributed by atoms with E-state index in [1.807, 2.05) is 0 Å². The first-order valence-corrected chi connectivity index (χ1v) is 4.83. The van der Waals surface area contributed by atoms with E-state index in [1.165, 1.54) is 11.8 Å². The number of ether oxygens (including phenoxy) is 1. The first-order valence-electron chi connectivity index (χ1n) is 3.15. The van der Waals surface area contributed by atoms with Crippen LogP contribution in [0.2, 0.25) is 0 Å². The Hall–Kier alpha value is -0.160. The van der Waals surface area contributed by atoms with Crippen LogP contribution in [-0.4, -0.2) is 16.4 Å². The Morgan fingerprint density at radius 1 is 1.91 bits per heavy atom. The molecule has 0 aromatic rings. The second kappa shape index (κ2) is 3.49. The predicted molar refractivity (Wildman–Crippen MR) is 48.2 cm³/mol. The minimum absolute atomic E-state index is 0.296. The number of carbonyl (C=O) groups excluding carboxylic acids is 1. The number of halogens is 1. The van der Waals surface area contributed by atoms with Gasteiger partial charge in [-0.2, -0.15) is 0 Å². The van der Waals surface area contributed by atoms with Crippen LogP contribution in [0.5, 0.6) is 0 Å². The second-order valence-electron chi connectivity index (χ2n) is 1.88. The highest BCUT2D eigenvalue weighted by Crippen LogP contribution is 2.35. The molecule has 1 aliphatic heterocycles. The van der Waals surface area contributed by atoms with Crippen LogP contribution in [-0.2, 0) is 9.53 Å². The molecule has 5 heteroatoms. The third-order valence-electron chi connectivity index (χ3n) is 1.11. The van der Waals surface area contributed by atoms with E-state index in [0.717, 1.165) is 0 Å². The molecule has 1 rings (SSSR count). The normalized spacial score (nSPS) is 28.2. The lowest BCUT2D eigenvalue weighted by Gasteiger charge is -2.18. The van der Waals surface area contributed by atoms with Gasteiger partial charge in [0.1, 0.15) is 0 Å². The van der Waals surface area contributed by atoms with Gasteiger partial charge in [-0.25, -0.2) is 4.79 Å². The monoisotopic (exact) mass is 237 g/mol. The number of hydrogen-bond donors (Lipinski definition) is 1. The third-order valence-corrected chi connectivity index (χ3v) is 3.10. The van der Waals surface area contributed by atoms with E-state index in [9.17, 15) is 4.79 Å². The van der Waals surface area contributed by atoms with E-state index in [2.05, 4.69) is 21.2 Å². The molecule has 0 radical (unpaired) electrons. The fourth-order valence-electron chi connectivity index (χ4n) is 0.634. The summed E-state index contributed by atoms with van der Waals surface area (Å²) in [5.74, 6) is -0.296. The minimum atomic E-state index is -0.789. The van der Waals surface area contributed by atoms with Crippen LogP contribution in [0.3, 0.4) is 0 Å². The lowest BCUT2D eigenvalue weighted by molar-refractivity contribution is -0.143. The summed E-state index contributed by atoms with van der Waals surface area (Å²) in [7, 11) is 0. The number of nitrogens with one attached hydrogen (secondary N) is 1. The van der Waals surface area contributed by atoms with Crippen LogP contribution < -0.4 is 5.32 Å².